The predicted octanol–water partition coefficient (Wildman–Crippen LogP) is 2.23. The van der Waals surface area contributed by atoms with Crippen molar-refractivity contribution < 1.29 is 44.9 Å². The molecule has 0 amide bonds. The van der Waals surface area contributed by atoms with E-state index in [1.54, 1.807) is 56.6 Å². The zero-order chi connectivity index (χ0) is 21.5. The van der Waals surface area contributed by atoms with Crippen LogP contribution in [0.1, 0.15) is 87.7 Å². The van der Waals surface area contributed by atoms with E-state index in [0.29, 0.717) is 0 Å². The zero-order valence-electron chi connectivity index (χ0n) is 20.5. The Morgan fingerprint density at radius 1 is 0.697 bits per heavy atom. The second kappa shape index (κ2) is 11.5. The number of benzene rings is 2. The Hall–Kier alpha value is -0.413. The average molecular weight is 662 g/mol. The van der Waals surface area contributed by atoms with Gasteiger partial charge in [0.15, 0.2) is 0 Å². The third kappa shape index (κ3) is 4.59. The SMILES string of the molecule is CCC1=Cc2c(CC)cccc2[CH]1[Hf+2]([CH]1C(CC)=Cc2c(CC)cccc21)=[Si]1CCC1.[Cl-].[Cl-]. The minimum Gasteiger partial charge on any atom is -1.00 e. The minimum absolute atomic E-state index is 0. The molecule has 1 aliphatic heterocycles. The van der Waals surface area contributed by atoms with Gasteiger partial charge in [0.05, 0.1) is 0 Å². The van der Waals surface area contributed by atoms with Gasteiger partial charge < -0.3 is 24.8 Å². The summed E-state index contributed by atoms with van der Waals surface area (Å²) in [5.74, 6) is 0. The van der Waals surface area contributed by atoms with Crippen LogP contribution in [-0.4, -0.2) is 5.49 Å². The molecule has 4 heteroatoms. The summed E-state index contributed by atoms with van der Waals surface area (Å²) >= 11 is -2.07. The van der Waals surface area contributed by atoms with Gasteiger partial charge in [-0.2, -0.15) is 0 Å². The monoisotopic (exact) mass is 662 g/mol. The third-order valence-corrected chi connectivity index (χ3v) is 39.1. The summed E-state index contributed by atoms with van der Waals surface area (Å²) < 4.78 is 1.70. The standard InChI is InChI=1S/2C13H15.C3H6Si.2ClH.Hf/c2*1-3-10-8-12-7-5-6-11(4-2)13(12)9-10;1-2-4-3-1;;;/h2*5-9H,3-4H2,1-2H3;1-3H2;2*1H;/q;;;;;+2/p-2. The molecule has 0 spiro atoms. The van der Waals surface area contributed by atoms with E-state index in [9.17, 15) is 0 Å². The number of rotatable bonds is 6. The molecule has 0 radical (unpaired) electrons. The van der Waals surface area contributed by atoms with Crippen molar-refractivity contribution in [3.8, 4) is 0 Å². The van der Waals surface area contributed by atoms with Gasteiger partial charge in [-0.1, -0.05) is 0 Å². The van der Waals surface area contributed by atoms with E-state index in [0.717, 1.165) is 20.2 Å². The topological polar surface area (TPSA) is 0 Å². The minimum atomic E-state index is -2.07. The van der Waals surface area contributed by atoms with Crippen LogP contribution in [0, 0.1) is 0 Å². The number of aryl methyl sites for hydroxylation is 2. The first-order valence-electron chi connectivity index (χ1n) is 12.6. The maximum Gasteiger partial charge on any atom is -1.00 e. The van der Waals surface area contributed by atoms with Crippen LogP contribution in [0.3, 0.4) is 0 Å². The normalized spacial score (nSPS) is 19.8. The molecule has 5 rings (SSSR count). The molecule has 0 aromatic heterocycles. The molecule has 33 heavy (non-hydrogen) atoms. The molecule has 2 unspecified atom stereocenters. The molecule has 0 bridgehead atoms. The molecule has 2 aromatic carbocycles. The van der Waals surface area contributed by atoms with Crippen molar-refractivity contribution >= 4 is 17.6 Å². The fraction of sp³-hybridized carbons (Fsp3) is 0.448. The molecule has 0 nitrogen and oxygen atoms in total. The summed E-state index contributed by atoms with van der Waals surface area (Å²) in [6, 6.07) is 17.8. The van der Waals surface area contributed by atoms with E-state index in [-0.39, 0.29) is 30.3 Å². The molecule has 1 saturated heterocycles. The van der Waals surface area contributed by atoms with E-state index in [2.05, 4.69) is 76.2 Å². The van der Waals surface area contributed by atoms with Gasteiger partial charge in [-0.05, 0) is 0 Å². The first-order valence-corrected chi connectivity index (χ1v) is 24.0. The first kappa shape index (κ1) is 27.2. The second-order valence-corrected chi connectivity index (χ2v) is 31.4. The number of allylic oxidation sites excluding steroid dienone is 2. The third-order valence-electron chi connectivity index (χ3n) is 8.05. The van der Waals surface area contributed by atoms with Crippen molar-refractivity contribution in [3.05, 3.63) is 80.9 Å². The number of hydrogen-bond donors (Lipinski definition) is 0. The largest absolute Gasteiger partial charge is 1.00 e. The molecule has 1 heterocycles. The molecule has 1 fully saturated rings. The molecule has 174 valence electrons. The molecule has 3 aliphatic rings. The molecule has 0 N–H and O–H groups in total. The van der Waals surface area contributed by atoms with Crippen LogP contribution in [0.4, 0.5) is 0 Å². The summed E-state index contributed by atoms with van der Waals surface area (Å²) in [6.07, 6.45) is 11.6. The molecule has 2 aromatic rings. The van der Waals surface area contributed by atoms with Gasteiger partial charge in [-0.3, -0.25) is 0 Å². The van der Waals surface area contributed by atoms with Gasteiger partial charge in [0.2, 0.25) is 0 Å². The maximum absolute atomic E-state index is 2.65. The van der Waals surface area contributed by atoms with Crippen molar-refractivity contribution in [3.63, 3.8) is 0 Å². The van der Waals surface area contributed by atoms with Crippen LogP contribution in [0.2, 0.25) is 12.1 Å². The van der Waals surface area contributed by atoms with Gasteiger partial charge in [0, 0.05) is 0 Å². The molecule has 2 atom stereocenters. The summed E-state index contributed by atoms with van der Waals surface area (Å²) in [5.41, 5.74) is 13.4. The molecule has 2 aliphatic carbocycles. The second-order valence-electron chi connectivity index (χ2n) is 9.47. The van der Waals surface area contributed by atoms with Crippen molar-refractivity contribution in [1.29, 1.82) is 0 Å². The molecular formula is C29H36Cl2HfSi. The fourth-order valence-corrected chi connectivity index (χ4v) is 43.1. The van der Waals surface area contributed by atoms with Crippen LogP contribution in [0.15, 0.2) is 47.5 Å². The Morgan fingerprint density at radius 2 is 1.15 bits per heavy atom. The maximum atomic E-state index is 2.65. The quantitative estimate of drug-likeness (QED) is 0.417. The summed E-state index contributed by atoms with van der Waals surface area (Å²) in [6.45, 7) is 9.51. The Balaban J connectivity index is 0.00000153. The fourth-order valence-electron chi connectivity index (χ4n) is 6.24. The predicted molar refractivity (Wildman–Crippen MR) is 134 cm³/mol. The summed E-state index contributed by atoms with van der Waals surface area (Å²) in [5, 5.41) is 0. The van der Waals surface area contributed by atoms with E-state index in [1.807, 2.05) is 0 Å². The van der Waals surface area contributed by atoms with Crippen LogP contribution in [0.25, 0.3) is 12.2 Å². The van der Waals surface area contributed by atoms with Crippen LogP contribution < -0.4 is 24.8 Å². The number of halogens is 2. The summed E-state index contributed by atoms with van der Waals surface area (Å²) in [7, 11) is 0. The van der Waals surface area contributed by atoms with E-state index < -0.39 is 20.1 Å². The van der Waals surface area contributed by atoms with Crippen molar-refractivity contribution in [1.82, 2.24) is 0 Å². The van der Waals surface area contributed by atoms with Gasteiger partial charge in [0.1, 0.15) is 0 Å². The van der Waals surface area contributed by atoms with Crippen LogP contribution in [-0.2, 0) is 32.9 Å². The van der Waals surface area contributed by atoms with Gasteiger partial charge in [-0.25, -0.2) is 0 Å². The number of hydrogen-bond acceptors (Lipinski definition) is 0. The Labute approximate surface area is 221 Å². The van der Waals surface area contributed by atoms with E-state index in [1.165, 1.54) is 19.3 Å². The van der Waals surface area contributed by atoms with Crippen LogP contribution >= 0.6 is 0 Å². The van der Waals surface area contributed by atoms with Gasteiger partial charge in [-0.15, -0.1) is 0 Å². The first-order chi connectivity index (χ1) is 15.2. The zero-order valence-corrected chi connectivity index (χ0v) is 26.6. The average Bonchev–Trinajstić information content (AvgIpc) is 3.33. The summed E-state index contributed by atoms with van der Waals surface area (Å²) in [4.78, 5) is 0. The van der Waals surface area contributed by atoms with Crippen molar-refractivity contribution in [2.24, 2.45) is 0 Å². The van der Waals surface area contributed by atoms with Crippen molar-refractivity contribution in [2.75, 3.05) is 0 Å². The van der Waals surface area contributed by atoms with Crippen LogP contribution in [0.5, 0.6) is 0 Å². The van der Waals surface area contributed by atoms with E-state index in [4.69, 9.17) is 0 Å². The smallest absolute Gasteiger partial charge is 1.00 e. The van der Waals surface area contributed by atoms with Gasteiger partial charge >= 0.3 is 198 Å². The van der Waals surface area contributed by atoms with Crippen molar-refractivity contribution in [2.45, 2.75) is 79.2 Å². The Morgan fingerprint density at radius 3 is 1.48 bits per heavy atom. The number of fused-ring (bicyclic) bond motifs is 2. The Kier molecular flexibility index (Phi) is 9.51. The van der Waals surface area contributed by atoms with Gasteiger partial charge in [0.25, 0.3) is 0 Å². The molecular weight excluding hydrogens is 626 g/mol. The Bertz CT molecular complexity index is 1040. The van der Waals surface area contributed by atoms with E-state index >= 15 is 0 Å². The molecule has 0 saturated carbocycles.